The summed E-state index contributed by atoms with van der Waals surface area (Å²) in [6, 6.07) is 0. The average molecular weight is 433 g/mol. The number of hydrogen-bond donors (Lipinski definition) is 0. The summed E-state index contributed by atoms with van der Waals surface area (Å²) in [5, 5.41) is 0. The van der Waals surface area contributed by atoms with Gasteiger partial charge in [0.25, 0.3) is 0 Å². The van der Waals surface area contributed by atoms with Crippen LogP contribution in [0.15, 0.2) is 0 Å². The molecule has 0 saturated carbocycles. The van der Waals surface area contributed by atoms with Gasteiger partial charge in [0, 0.05) is 0 Å². The monoisotopic (exact) mass is 432 g/mol. The zero-order chi connectivity index (χ0) is 18.7. The molecule has 0 aliphatic heterocycles. The smallest absolute Gasteiger partial charge is 0.343 e. The first-order valence-corrected chi connectivity index (χ1v) is 11.1. The molecule has 0 saturated heterocycles. The van der Waals surface area contributed by atoms with Gasteiger partial charge in [0.15, 0.2) is 0 Å². The molecule has 0 aromatic heterocycles. The Hall–Kier alpha value is 0.936. The van der Waals surface area contributed by atoms with E-state index in [9.17, 15) is 0 Å². The van der Waals surface area contributed by atoms with Crippen LogP contribution in [0.5, 0.6) is 0 Å². The van der Waals surface area contributed by atoms with Gasteiger partial charge in [-0.1, -0.05) is 117 Å². The molecule has 0 heterocycles. The van der Waals surface area contributed by atoms with Crippen LogP contribution in [0, 0.1) is 20.8 Å². The Morgan fingerprint density at radius 1 is 0.385 bits per heavy atom. The van der Waals surface area contributed by atoms with Crippen molar-refractivity contribution in [1.29, 1.82) is 0 Å². The molecule has 0 aliphatic rings. The molecule has 26 heavy (non-hydrogen) atoms. The van der Waals surface area contributed by atoms with Crippen molar-refractivity contribution < 1.29 is 16.8 Å². The van der Waals surface area contributed by atoms with Crippen LogP contribution < -0.4 is 0 Å². The Bertz CT molecular complexity index is 116. The molecule has 0 amide bonds. The second-order valence-corrected chi connectivity index (χ2v) is 6.80. The fourth-order valence-corrected chi connectivity index (χ4v) is 2.34. The molecule has 2 heteroatoms. The average Bonchev–Trinajstić information content (AvgIpc) is 2.61. The van der Waals surface area contributed by atoms with Crippen LogP contribution in [0.1, 0.15) is 136 Å². The van der Waals surface area contributed by atoms with Gasteiger partial charge in [0.1, 0.15) is 0 Å². The quantitative estimate of drug-likeness (QED) is 0.137. The molecule has 0 nitrogen and oxygen atoms in total. The van der Waals surface area contributed by atoms with Crippen LogP contribution in [0.4, 0.5) is 0 Å². The number of rotatable bonds is 15. The van der Waals surface area contributed by atoms with E-state index in [1.54, 1.807) is 0 Å². The van der Waals surface area contributed by atoms with Crippen molar-refractivity contribution in [3.05, 3.63) is 20.8 Å². The van der Waals surface area contributed by atoms with E-state index < -0.39 is 0 Å². The maximum absolute atomic E-state index is 3.78. The normalized spacial score (nSPS) is 9.00. The summed E-state index contributed by atoms with van der Waals surface area (Å²) in [6.07, 6.45) is 23.9. The van der Waals surface area contributed by atoms with Crippen molar-refractivity contribution >= 4 is 9.90 Å². The van der Waals surface area contributed by atoms with Gasteiger partial charge >= 0.3 is 16.8 Å². The van der Waals surface area contributed by atoms with Crippen molar-refractivity contribution in [2.75, 3.05) is 0 Å². The fraction of sp³-hybridized carbons (Fsp3) is 0.875. The van der Waals surface area contributed by atoms with E-state index in [1.807, 2.05) is 0 Å². The minimum Gasteiger partial charge on any atom is -0.343 e. The molecule has 1 unspecified atom stereocenters. The standard InChI is InChI=1S/3C8H17.Co.H3P/c3*1-3-5-7-8-6-4-2;;/h3*1,3-8H2,2H3;;1H3/q3*-1;+3;. The summed E-state index contributed by atoms with van der Waals surface area (Å²) < 4.78 is 0. The Kier molecular flexibility index (Phi) is 65.1. The maximum Gasteiger partial charge on any atom is 3.00 e. The molecule has 164 valence electrons. The van der Waals surface area contributed by atoms with Gasteiger partial charge in [-0.15, -0.1) is 0 Å². The maximum atomic E-state index is 3.78. The van der Waals surface area contributed by atoms with Gasteiger partial charge in [-0.2, -0.15) is 29.2 Å². The van der Waals surface area contributed by atoms with Crippen molar-refractivity contribution in [1.82, 2.24) is 0 Å². The zero-order valence-electron chi connectivity index (χ0n) is 18.9. The van der Waals surface area contributed by atoms with Gasteiger partial charge in [0.05, 0.1) is 0 Å². The van der Waals surface area contributed by atoms with Crippen LogP contribution in [-0.4, -0.2) is 0 Å². The van der Waals surface area contributed by atoms with Crippen LogP contribution in [-0.2, 0) is 16.8 Å². The van der Waals surface area contributed by atoms with Crippen molar-refractivity contribution in [2.45, 2.75) is 136 Å². The summed E-state index contributed by atoms with van der Waals surface area (Å²) in [5.41, 5.74) is 0. The molecule has 0 spiro atoms. The Morgan fingerprint density at radius 3 is 0.731 bits per heavy atom. The van der Waals surface area contributed by atoms with Gasteiger partial charge in [0.2, 0.25) is 0 Å². The van der Waals surface area contributed by atoms with Gasteiger partial charge in [-0.25, -0.2) is 0 Å². The summed E-state index contributed by atoms with van der Waals surface area (Å²) in [6.45, 7) is 18.1. The van der Waals surface area contributed by atoms with E-state index >= 15 is 0 Å². The van der Waals surface area contributed by atoms with Crippen molar-refractivity contribution in [3.8, 4) is 0 Å². The first kappa shape index (κ1) is 37.7. The summed E-state index contributed by atoms with van der Waals surface area (Å²) in [7, 11) is 0. The molecule has 0 radical (unpaired) electrons. The van der Waals surface area contributed by atoms with E-state index in [0.717, 1.165) is 19.3 Å². The molecule has 0 fully saturated rings. The predicted molar refractivity (Wildman–Crippen MR) is 127 cm³/mol. The zero-order valence-corrected chi connectivity index (χ0v) is 21.3. The van der Waals surface area contributed by atoms with Gasteiger partial charge in [-0.05, 0) is 0 Å². The van der Waals surface area contributed by atoms with Crippen molar-refractivity contribution in [2.24, 2.45) is 0 Å². The third-order valence-electron chi connectivity index (χ3n) is 4.06. The Balaban J connectivity index is -0.0000000817. The Labute approximate surface area is 183 Å². The molecular weight excluding hydrogens is 378 g/mol. The van der Waals surface area contributed by atoms with E-state index in [2.05, 4.69) is 41.5 Å². The molecule has 1 atom stereocenters. The number of hydrogen-bond acceptors (Lipinski definition) is 0. The second-order valence-electron chi connectivity index (χ2n) is 6.80. The molecule has 0 aromatic rings. The van der Waals surface area contributed by atoms with Gasteiger partial charge < -0.3 is 20.8 Å². The van der Waals surface area contributed by atoms with Gasteiger partial charge in [-0.3, -0.25) is 0 Å². The molecular formula is C24H54CoP. The third-order valence-corrected chi connectivity index (χ3v) is 4.06. The van der Waals surface area contributed by atoms with E-state index in [4.69, 9.17) is 0 Å². The topological polar surface area (TPSA) is 0 Å². The third kappa shape index (κ3) is 56.3. The SMILES string of the molecule is P.[CH2-]CCCCCCC.[CH2-]CCCCCCC.[CH2-]CCCCCCC.[Co+3]. The molecule has 0 aliphatic carbocycles. The molecule has 0 aromatic carbocycles. The molecule has 0 N–H and O–H groups in total. The minimum absolute atomic E-state index is 0. The van der Waals surface area contributed by atoms with Crippen LogP contribution in [0.2, 0.25) is 0 Å². The Morgan fingerprint density at radius 2 is 0.577 bits per heavy atom. The van der Waals surface area contributed by atoms with Crippen LogP contribution in [0.25, 0.3) is 0 Å². The summed E-state index contributed by atoms with van der Waals surface area (Å²) in [4.78, 5) is 0. The predicted octanol–water partition coefficient (Wildman–Crippen LogP) is 9.60. The van der Waals surface area contributed by atoms with E-state index in [0.29, 0.717) is 0 Å². The second kappa shape index (κ2) is 45.0. The first-order chi connectivity index (χ1) is 11.7. The largest absolute Gasteiger partial charge is 3.00 e. The summed E-state index contributed by atoms with van der Waals surface area (Å²) in [5.74, 6) is 0. The molecule has 0 rings (SSSR count). The minimum atomic E-state index is 0. The van der Waals surface area contributed by atoms with Crippen LogP contribution >= 0.6 is 9.90 Å². The molecule has 0 bridgehead atoms. The van der Waals surface area contributed by atoms with Crippen molar-refractivity contribution in [3.63, 3.8) is 0 Å². The summed E-state index contributed by atoms with van der Waals surface area (Å²) >= 11 is 0. The first-order valence-electron chi connectivity index (χ1n) is 11.1. The van der Waals surface area contributed by atoms with E-state index in [1.165, 1.54) is 96.3 Å². The van der Waals surface area contributed by atoms with Crippen LogP contribution in [0.3, 0.4) is 0 Å². The number of unbranched alkanes of at least 4 members (excludes halogenated alkanes) is 15. The fourth-order valence-electron chi connectivity index (χ4n) is 2.34. The van der Waals surface area contributed by atoms with E-state index in [-0.39, 0.29) is 26.7 Å².